The molecule has 1 aromatic heterocycles. The van der Waals surface area contributed by atoms with Gasteiger partial charge in [-0.3, -0.25) is 0 Å². The molecule has 0 spiro atoms. The Hall–Kier alpha value is -1.89. The molecule has 0 fully saturated rings. The van der Waals surface area contributed by atoms with Crippen LogP contribution in [-0.4, -0.2) is 0 Å². The van der Waals surface area contributed by atoms with E-state index in [0.29, 0.717) is 0 Å². The van der Waals surface area contributed by atoms with Crippen molar-refractivity contribution >= 4 is 12.2 Å². The molecule has 0 radical (unpaired) electrons. The van der Waals surface area contributed by atoms with Crippen molar-refractivity contribution in [3.8, 4) is 0 Å². The minimum atomic E-state index is 1.02. The molecule has 0 N–H and O–H groups in total. The van der Waals surface area contributed by atoms with Crippen molar-refractivity contribution in [3.05, 3.63) is 65.5 Å². The highest BCUT2D eigenvalue weighted by Gasteiger charge is 1.94. The van der Waals surface area contributed by atoms with E-state index in [9.17, 15) is 0 Å². The van der Waals surface area contributed by atoms with Gasteiger partial charge in [0, 0.05) is 12.1 Å². The minimum absolute atomic E-state index is 1.02. The van der Waals surface area contributed by atoms with E-state index in [-0.39, 0.29) is 0 Å². The molecule has 0 unspecified atom stereocenters. The van der Waals surface area contributed by atoms with Crippen LogP contribution in [-0.2, 0) is 6.54 Å². The summed E-state index contributed by atoms with van der Waals surface area (Å²) in [5, 5.41) is 0. The van der Waals surface area contributed by atoms with Crippen molar-refractivity contribution in [2.75, 3.05) is 0 Å². The SMILES string of the molecule is CC[n+]1ccc(/C=C\c2ccc(C)cc2)cc1. The zero-order chi connectivity index (χ0) is 12.1. The summed E-state index contributed by atoms with van der Waals surface area (Å²) in [6, 6.07) is 12.8. The second-order valence-electron chi connectivity index (χ2n) is 4.21. The smallest absolute Gasteiger partial charge is 0.169 e. The molecule has 0 bridgehead atoms. The molecular weight excluding hydrogens is 206 g/mol. The molecule has 0 saturated heterocycles. The first-order valence-electron chi connectivity index (χ1n) is 6.02. The fourth-order valence-corrected chi connectivity index (χ4v) is 1.66. The van der Waals surface area contributed by atoms with E-state index >= 15 is 0 Å². The Bertz CT molecular complexity index is 492. The van der Waals surface area contributed by atoms with Crippen LogP contribution in [0.2, 0.25) is 0 Å². The zero-order valence-corrected chi connectivity index (χ0v) is 10.4. The predicted octanol–water partition coefficient (Wildman–Crippen LogP) is 3.47. The number of hydrogen-bond donors (Lipinski definition) is 0. The maximum absolute atomic E-state index is 2.16. The molecule has 1 heteroatoms. The average molecular weight is 224 g/mol. The summed E-state index contributed by atoms with van der Waals surface area (Å²) in [4.78, 5) is 0. The molecule has 0 atom stereocenters. The van der Waals surface area contributed by atoms with Gasteiger partial charge in [0.15, 0.2) is 12.4 Å². The summed E-state index contributed by atoms with van der Waals surface area (Å²) in [5.74, 6) is 0. The Labute approximate surface area is 103 Å². The Balaban J connectivity index is 2.11. The molecular formula is C16H18N+. The largest absolute Gasteiger partial charge is 0.205 e. The average Bonchev–Trinajstić information content (AvgIpc) is 2.39. The summed E-state index contributed by atoms with van der Waals surface area (Å²) in [6.07, 6.45) is 8.50. The maximum atomic E-state index is 2.16. The van der Waals surface area contributed by atoms with E-state index < -0.39 is 0 Å². The summed E-state index contributed by atoms with van der Waals surface area (Å²) < 4.78 is 2.16. The standard InChI is InChI=1S/C16H18N/c1-3-17-12-10-16(11-13-17)9-8-15-6-4-14(2)5-7-15/h4-13H,3H2,1-2H3/q+1/b9-8-. The van der Waals surface area contributed by atoms with Crippen LogP contribution in [0.5, 0.6) is 0 Å². The Morgan fingerprint density at radius 2 is 1.41 bits per heavy atom. The Kier molecular flexibility index (Phi) is 3.71. The predicted molar refractivity (Wildman–Crippen MR) is 72.4 cm³/mol. The van der Waals surface area contributed by atoms with Gasteiger partial charge >= 0.3 is 0 Å². The number of nitrogens with zero attached hydrogens (tertiary/aromatic N) is 1. The van der Waals surface area contributed by atoms with E-state index in [1.807, 2.05) is 0 Å². The van der Waals surface area contributed by atoms with E-state index in [2.05, 4.69) is 79.4 Å². The highest BCUT2D eigenvalue weighted by molar-refractivity contribution is 5.69. The number of aromatic nitrogens is 1. The number of hydrogen-bond acceptors (Lipinski definition) is 0. The molecule has 1 aromatic carbocycles. The lowest BCUT2D eigenvalue weighted by molar-refractivity contribution is -0.693. The van der Waals surface area contributed by atoms with Gasteiger partial charge in [0.05, 0.1) is 0 Å². The van der Waals surface area contributed by atoms with E-state index in [4.69, 9.17) is 0 Å². The van der Waals surface area contributed by atoms with Crippen molar-refractivity contribution in [3.63, 3.8) is 0 Å². The topological polar surface area (TPSA) is 3.88 Å². The second-order valence-corrected chi connectivity index (χ2v) is 4.21. The van der Waals surface area contributed by atoms with Gasteiger partial charge in [-0.05, 0) is 25.0 Å². The molecule has 2 aromatic rings. The van der Waals surface area contributed by atoms with Gasteiger partial charge in [-0.25, -0.2) is 4.57 Å². The van der Waals surface area contributed by atoms with Crippen LogP contribution in [0.25, 0.3) is 12.2 Å². The lowest BCUT2D eigenvalue weighted by atomic mass is 10.1. The Morgan fingerprint density at radius 1 is 0.882 bits per heavy atom. The van der Waals surface area contributed by atoms with Gasteiger partial charge in [-0.1, -0.05) is 42.0 Å². The molecule has 2 rings (SSSR count). The molecule has 0 aliphatic rings. The number of benzene rings is 1. The highest BCUT2D eigenvalue weighted by atomic mass is 14.9. The van der Waals surface area contributed by atoms with Crippen LogP contribution < -0.4 is 4.57 Å². The van der Waals surface area contributed by atoms with E-state index in [1.54, 1.807) is 0 Å². The molecule has 17 heavy (non-hydrogen) atoms. The van der Waals surface area contributed by atoms with Crippen LogP contribution in [0.1, 0.15) is 23.6 Å². The van der Waals surface area contributed by atoms with Crippen LogP contribution in [0, 0.1) is 6.92 Å². The molecule has 0 amide bonds. The van der Waals surface area contributed by atoms with Crippen molar-refractivity contribution in [2.24, 2.45) is 0 Å². The number of aryl methyl sites for hydroxylation is 2. The summed E-state index contributed by atoms with van der Waals surface area (Å²) in [6.45, 7) is 5.26. The third kappa shape index (κ3) is 3.28. The fraction of sp³-hybridized carbons (Fsp3) is 0.188. The van der Waals surface area contributed by atoms with Crippen molar-refractivity contribution in [2.45, 2.75) is 20.4 Å². The van der Waals surface area contributed by atoms with Gasteiger partial charge in [0.1, 0.15) is 6.54 Å². The quantitative estimate of drug-likeness (QED) is 0.703. The molecule has 0 saturated carbocycles. The molecule has 1 heterocycles. The lowest BCUT2D eigenvalue weighted by Crippen LogP contribution is -2.30. The van der Waals surface area contributed by atoms with Gasteiger partial charge in [0.25, 0.3) is 0 Å². The monoisotopic (exact) mass is 224 g/mol. The highest BCUT2D eigenvalue weighted by Crippen LogP contribution is 2.08. The summed E-state index contributed by atoms with van der Waals surface area (Å²) >= 11 is 0. The third-order valence-electron chi connectivity index (χ3n) is 2.83. The second kappa shape index (κ2) is 5.44. The fourth-order valence-electron chi connectivity index (χ4n) is 1.66. The third-order valence-corrected chi connectivity index (χ3v) is 2.83. The van der Waals surface area contributed by atoms with Gasteiger partial charge in [0.2, 0.25) is 0 Å². The summed E-state index contributed by atoms with van der Waals surface area (Å²) in [5.41, 5.74) is 3.77. The van der Waals surface area contributed by atoms with Gasteiger partial charge in [-0.2, -0.15) is 0 Å². The first-order valence-corrected chi connectivity index (χ1v) is 6.02. The van der Waals surface area contributed by atoms with E-state index in [0.717, 1.165) is 6.54 Å². The van der Waals surface area contributed by atoms with Crippen molar-refractivity contribution < 1.29 is 4.57 Å². The molecule has 86 valence electrons. The van der Waals surface area contributed by atoms with Crippen LogP contribution in [0.4, 0.5) is 0 Å². The van der Waals surface area contributed by atoms with Gasteiger partial charge < -0.3 is 0 Å². The van der Waals surface area contributed by atoms with Crippen molar-refractivity contribution in [1.82, 2.24) is 0 Å². The maximum Gasteiger partial charge on any atom is 0.169 e. The number of rotatable bonds is 3. The molecule has 0 aliphatic carbocycles. The van der Waals surface area contributed by atoms with Crippen molar-refractivity contribution in [1.29, 1.82) is 0 Å². The van der Waals surface area contributed by atoms with Crippen LogP contribution in [0.15, 0.2) is 48.8 Å². The minimum Gasteiger partial charge on any atom is -0.205 e. The lowest BCUT2D eigenvalue weighted by Gasteiger charge is -1.95. The van der Waals surface area contributed by atoms with Gasteiger partial charge in [-0.15, -0.1) is 0 Å². The van der Waals surface area contributed by atoms with Crippen LogP contribution >= 0.6 is 0 Å². The molecule has 0 aliphatic heterocycles. The summed E-state index contributed by atoms with van der Waals surface area (Å²) in [7, 11) is 0. The van der Waals surface area contributed by atoms with E-state index in [1.165, 1.54) is 16.7 Å². The Morgan fingerprint density at radius 3 is 1.94 bits per heavy atom. The molecule has 1 nitrogen and oxygen atoms in total. The first-order chi connectivity index (χ1) is 8.28. The normalized spacial score (nSPS) is 10.9. The zero-order valence-electron chi connectivity index (χ0n) is 10.4. The number of pyridine rings is 1. The van der Waals surface area contributed by atoms with Crippen LogP contribution in [0.3, 0.4) is 0 Å². The first kappa shape index (κ1) is 11.6.